The van der Waals surface area contributed by atoms with Gasteiger partial charge in [-0.05, 0) is 43.9 Å². The number of benzene rings is 1. The zero-order valence-electron chi connectivity index (χ0n) is 14.5. The molecular formula is C19H24N2O4. The van der Waals surface area contributed by atoms with Crippen LogP contribution in [-0.4, -0.2) is 30.9 Å². The summed E-state index contributed by atoms with van der Waals surface area (Å²) in [5, 5.41) is 5.50. The van der Waals surface area contributed by atoms with Gasteiger partial charge in [-0.15, -0.1) is 0 Å². The van der Waals surface area contributed by atoms with Crippen molar-refractivity contribution >= 4 is 17.8 Å². The molecule has 0 spiro atoms. The van der Waals surface area contributed by atoms with Gasteiger partial charge in [-0.2, -0.15) is 0 Å². The standard InChI is InChI=1S/C19H24N2O4/c1-14(22)25-17-9-5-8-16(13-17)19(24)21-11-10-20-18(23)12-15-6-3-2-4-7-15/h5,8-9,12-13H,2-4,6-7,10-11H2,1H3,(H,20,23)(H,21,24). The van der Waals surface area contributed by atoms with Gasteiger partial charge in [0.1, 0.15) is 5.75 Å². The fraction of sp³-hybridized carbons (Fsp3) is 0.421. The van der Waals surface area contributed by atoms with Crippen LogP contribution in [0.2, 0.25) is 0 Å². The number of hydrogen-bond donors (Lipinski definition) is 2. The van der Waals surface area contributed by atoms with Gasteiger partial charge < -0.3 is 15.4 Å². The number of rotatable bonds is 6. The van der Waals surface area contributed by atoms with Crippen molar-refractivity contribution in [2.24, 2.45) is 0 Å². The number of carbonyl (C=O) groups is 3. The van der Waals surface area contributed by atoms with Gasteiger partial charge in [0.2, 0.25) is 5.91 Å². The molecule has 1 aromatic rings. The number of carbonyl (C=O) groups excluding carboxylic acids is 3. The fourth-order valence-corrected chi connectivity index (χ4v) is 2.72. The molecule has 2 rings (SSSR count). The van der Waals surface area contributed by atoms with Crippen molar-refractivity contribution in [3.8, 4) is 5.75 Å². The molecule has 0 heterocycles. The Morgan fingerprint density at radius 2 is 1.80 bits per heavy atom. The summed E-state index contributed by atoms with van der Waals surface area (Å²) in [4.78, 5) is 34.8. The molecule has 2 N–H and O–H groups in total. The molecule has 0 radical (unpaired) electrons. The maximum Gasteiger partial charge on any atom is 0.308 e. The van der Waals surface area contributed by atoms with Crippen molar-refractivity contribution in [1.29, 1.82) is 0 Å². The maximum atomic E-state index is 12.1. The van der Waals surface area contributed by atoms with Crippen LogP contribution in [0.1, 0.15) is 49.4 Å². The Morgan fingerprint density at radius 1 is 1.08 bits per heavy atom. The third-order valence-corrected chi connectivity index (χ3v) is 3.90. The number of allylic oxidation sites excluding steroid dienone is 1. The van der Waals surface area contributed by atoms with Crippen molar-refractivity contribution in [2.45, 2.75) is 39.0 Å². The molecule has 1 fully saturated rings. The second-order valence-electron chi connectivity index (χ2n) is 6.03. The SMILES string of the molecule is CC(=O)Oc1cccc(C(=O)NCCNC(=O)C=C2CCCCC2)c1. The third kappa shape index (κ3) is 6.79. The molecule has 1 aromatic carbocycles. The van der Waals surface area contributed by atoms with Crippen LogP contribution in [0.3, 0.4) is 0 Å². The van der Waals surface area contributed by atoms with E-state index >= 15 is 0 Å². The molecule has 6 nitrogen and oxygen atoms in total. The highest BCUT2D eigenvalue weighted by molar-refractivity contribution is 5.94. The molecule has 0 aliphatic heterocycles. The lowest BCUT2D eigenvalue weighted by Gasteiger charge is -2.13. The minimum Gasteiger partial charge on any atom is -0.427 e. The molecule has 6 heteroatoms. The second-order valence-corrected chi connectivity index (χ2v) is 6.03. The molecule has 1 aliphatic carbocycles. The number of nitrogens with one attached hydrogen (secondary N) is 2. The van der Waals surface area contributed by atoms with Crippen LogP contribution in [0.5, 0.6) is 5.75 Å². The van der Waals surface area contributed by atoms with Crippen LogP contribution in [0.15, 0.2) is 35.9 Å². The minimum atomic E-state index is -0.438. The van der Waals surface area contributed by atoms with E-state index in [9.17, 15) is 14.4 Å². The highest BCUT2D eigenvalue weighted by atomic mass is 16.5. The quantitative estimate of drug-likeness (QED) is 0.359. The highest BCUT2D eigenvalue weighted by Crippen LogP contribution is 2.22. The van der Waals surface area contributed by atoms with Gasteiger partial charge in [0, 0.05) is 31.7 Å². The third-order valence-electron chi connectivity index (χ3n) is 3.90. The number of ether oxygens (including phenoxy) is 1. The van der Waals surface area contributed by atoms with Crippen molar-refractivity contribution in [3.63, 3.8) is 0 Å². The monoisotopic (exact) mass is 344 g/mol. The summed E-state index contributed by atoms with van der Waals surface area (Å²) < 4.78 is 4.95. The van der Waals surface area contributed by atoms with E-state index in [0.717, 1.165) is 25.7 Å². The molecule has 1 aliphatic rings. The van der Waals surface area contributed by atoms with Crippen LogP contribution in [0, 0.1) is 0 Å². The average molecular weight is 344 g/mol. The largest absolute Gasteiger partial charge is 0.427 e. The predicted molar refractivity (Wildman–Crippen MR) is 94.3 cm³/mol. The Bertz CT molecular complexity index is 659. The molecule has 2 amide bonds. The molecule has 1 saturated carbocycles. The molecule has 134 valence electrons. The van der Waals surface area contributed by atoms with Gasteiger partial charge in [0.15, 0.2) is 0 Å². The zero-order chi connectivity index (χ0) is 18.1. The van der Waals surface area contributed by atoms with Gasteiger partial charge >= 0.3 is 5.97 Å². The molecular weight excluding hydrogens is 320 g/mol. The van der Waals surface area contributed by atoms with Gasteiger partial charge in [0.05, 0.1) is 0 Å². The summed E-state index contributed by atoms with van der Waals surface area (Å²) in [6, 6.07) is 6.39. The lowest BCUT2D eigenvalue weighted by Crippen LogP contribution is -2.34. The van der Waals surface area contributed by atoms with Crippen molar-refractivity contribution < 1.29 is 19.1 Å². The Labute approximate surface area is 147 Å². The number of hydrogen-bond acceptors (Lipinski definition) is 4. The lowest BCUT2D eigenvalue weighted by molar-refractivity contribution is -0.131. The second kappa shape index (κ2) is 9.61. The summed E-state index contributed by atoms with van der Waals surface area (Å²) in [5.41, 5.74) is 1.60. The normalized spacial score (nSPS) is 13.7. The summed E-state index contributed by atoms with van der Waals surface area (Å²) in [6.45, 7) is 1.99. The van der Waals surface area contributed by atoms with Crippen molar-refractivity contribution in [2.75, 3.05) is 13.1 Å². The Morgan fingerprint density at radius 3 is 2.52 bits per heavy atom. The number of esters is 1. The van der Waals surface area contributed by atoms with Crippen LogP contribution in [0.25, 0.3) is 0 Å². The Kier molecular flexibility index (Phi) is 7.19. The minimum absolute atomic E-state index is 0.108. The first-order valence-corrected chi connectivity index (χ1v) is 8.58. The van der Waals surface area contributed by atoms with E-state index in [2.05, 4.69) is 10.6 Å². The first-order chi connectivity index (χ1) is 12.0. The average Bonchev–Trinajstić information content (AvgIpc) is 2.59. The first-order valence-electron chi connectivity index (χ1n) is 8.58. The van der Waals surface area contributed by atoms with E-state index in [0.29, 0.717) is 24.4 Å². The fourth-order valence-electron chi connectivity index (χ4n) is 2.72. The summed E-state index contributed by atoms with van der Waals surface area (Å²) in [5.74, 6) is -0.503. The van der Waals surface area contributed by atoms with Gasteiger partial charge in [-0.25, -0.2) is 0 Å². The van der Waals surface area contributed by atoms with Crippen molar-refractivity contribution in [3.05, 3.63) is 41.5 Å². The first kappa shape index (κ1) is 18.7. The van der Waals surface area contributed by atoms with Crippen LogP contribution in [-0.2, 0) is 9.59 Å². The van der Waals surface area contributed by atoms with Crippen LogP contribution in [0.4, 0.5) is 0 Å². The van der Waals surface area contributed by atoms with E-state index in [1.807, 2.05) is 0 Å². The van der Waals surface area contributed by atoms with E-state index in [1.165, 1.54) is 25.0 Å². The summed E-state index contributed by atoms with van der Waals surface area (Å²) in [6.07, 6.45) is 7.24. The molecule has 0 atom stereocenters. The van der Waals surface area contributed by atoms with E-state index in [-0.39, 0.29) is 11.8 Å². The van der Waals surface area contributed by atoms with E-state index in [4.69, 9.17) is 4.74 Å². The predicted octanol–water partition coefficient (Wildman–Crippen LogP) is 2.35. The van der Waals surface area contributed by atoms with Crippen LogP contribution >= 0.6 is 0 Å². The zero-order valence-corrected chi connectivity index (χ0v) is 14.5. The molecule has 0 unspecified atom stereocenters. The molecule has 0 aromatic heterocycles. The molecule has 0 bridgehead atoms. The Balaban J connectivity index is 1.73. The summed E-state index contributed by atoms with van der Waals surface area (Å²) in [7, 11) is 0. The maximum absolute atomic E-state index is 12.1. The Hall–Kier alpha value is -2.63. The molecule has 0 saturated heterocycles. The van der Waals surface area contributed by atoms with Gasteiger partial charge in [0.25, 0.3) is 5.91 Å². The van der Waals surface area contributed by atoms with E-state index in [1.54, 1.807) is 24.3 Å². The topological polar surface area (TPSA) is 84.5 Å². The smallest absolute Gasteiger partial charge is 0.308 e. The number of amides is 2. The highest BCUT2D eigenvalue weighted by Gasteiger charge is 2.09. The molecule has 25 heavy (non-hydrogen) atoms. The van der Waals surface area contributed by atoms with Crippen molar-refractivity contribution in [1.82, 2.24) is 10.6 Å². The van der Waals surface area contributed by atoms with Crippen LogP contribution < -0.4 is 15.4 Å². The van der Waals surface area contributed by atoms with Gasteiger partial charge in [-0.3, -0.25) is 14.4 Å². The van der Waals surface area contributed by atoms with Gasteiger partial charge in [-0.1, -0.05) is 18.1 Å². The van der Waals surface area contributed by atoms with E-state index < -0.39 is 5.97 Å². The summed E-state index contributed by atoms with van der Waals surface area (Å²) >= 11 is 0. The lowest BCUT2D eigenvalue weighted by atomic mass is 9.95.